The first-order chi connectivity index (χ1) is 8.61. The highest BCUT2D eigenvalue weighted by Crippen LogP contribution is 2.27. The second-order valence-corrected chi connectivity index (χ2v) is 5.22. The second-order valence-electron chi connectivity index (χ2n) is 5.22. The van der Waals surface area contributed by atoms with E-state index in [1.165, 1.54) is 5.56 Å². The van der Waals surface area contributed by atoms with Crippen LogP contribution in [-0.4, -0.2) is 47.0 Å². The van der Waals surface area contributed by atoms with E-state index < -0.39 is 0 Å². The van der Waals surface area contributed by atoms with Gasteiger partial charge in [-0.3, -0.25) is 9.58 Å². The number of nitrogens with zero attached hydrogens (tertiary/aromatic N) is 3. The van der Waals surface area contributed by atoms with Crippen molar-refractivity contribution in [1.29, 1.82) is 0 Å². The number of ether oxygens (including phenoxy) is 1. The van der Waals surface area contributed by atoms with E-state index in [-0.39, 0.29) is 12.1 Å². The molecule has 1 fully saturated rings. The Hall–Kier alpha value is -0.910. The Morgan fingerprint density at radius 2 is 2.11 bits per heavy atom. The van der Waals surface area contributed by atoms with Gasteiger partial charge >= 0.3 is 0 Å². The summed E-state index contributed by atoms with van der Waals surface area (Å²) in [7, 11) is 3.74. The summed E-state index contributed by atoms with van der Waals surface area (Å²) in [5.74, 6) is 0. The van der Waals surface area contributed by atoms with Gasteiger partial charge in [-0.25, -0.2) is 0 Å². The molecule has 0 aliphatic carbocycles. The summed E-state index contributed by atoms with van der Waals surface area (Å²) < 4.78 is 7.26. The molecule has 0 spiro atoms. The summed E-state index contributed by atoms with van der Waals surface area (Å²) in [4.78, 5) is 2.46. The zero-order chi connectivity index (χ0) is 13.1. The molecule has 2 rings (SSSR count). The van der Waals surface area contributed by atoms with E-state index in [9.17, 15) is 0 Å². The Bertz CT molecular complexity index is 369. The molecule has 2 heterocycles. The van der Waals surface area contributed by atoms with Crippen molar-refractivity contribution in [1.82, 2.24) is 14.7 Å². The highest BCUT2D eigenvalue weighted by molar-refractivity contribution is 5.13. The Labute approximate surface area is 109 Å². The molecule has 0 aromatic carbocycles. The number of piperidine rings is 1. The molecule has 5 heteroatoms. The Kier molecular flexibility index (Phi) is 4.37. The quantitative estimate of drug-likeness (QED) is 0.865. The van der Waals surface area contributed by atoms with Crippen LogP contribution in [0.2, 0.25) is 0 Å². The molecule has 1 aromatic rings. The molecule has 1 aliphatic heterocycles. The van der Waals surface area contributed by atoms with Crippen molar-refractivity contribution < 1.29 is 4.74 Å². The van der Waals surface area contributed by atoms with Crippen LogP contribution in [-0.2, 0) is 11.8 Å². The van der Waals surface area contributed by atoms with Crippen LogP contribution in [0, 0.1) is 0 Å². The minimum absolute atomic E-state index is 0.105. The number of aromatic nitrogens is 2. The highest BCUT2D eigenvalue weighted by atomic mass is 16.5. The molecule has 2 atom stereocenters. The van der Waals surface area contributed by atoms with Crippen LogP contribution in [0.25, 0.3) is 0 Å². The third-order valence-corrected chi connectivity index (χ3v) is 3.77. The van der Waals surface area contributed by atoms with Gasteiger partial charge in [-0.1, -0.05) is 0 Å². The molecular weight excluding hydrogens is 228 g/mol. The summed E-state index contributed by atoms with van der Waals surface area (Å²) >= 11 is 0. The molecule has 0 saturated carbocycles. The SMILES string of the molecule is COC1CCN(C(c2cnn(C)c2)C(C)N)CC1. The zero-order valence-corrected chi connectivity index (χ0v) is 11.5. The number of aryl methyl sites for hydroxylation is 1. The van der Waals surface area contributed by atoms with Gasteiger partial charge in [0.15, 0.2) is 0 Å². The topological polar surface area (TPSA) is 56.3 Å². The molecular formula is C13H24N4O. The number of nitrogens with two attached hydrogens (primary N) is 1. The standard InChI is InChI=1S/C13H24N4O/c1-10(14)13(11-8-15-16(2)9-11)17-6-4-12(18-3)5-7-17/h8-10,12-13H,4-7,14H2,1-3H3. The maximum absolute atomic E-state index is 6.17. The van der Waals surface area contributed by atoms with Crippen molar-refractivity contribution in [3.8, 4) is 0 Å². The first kappa shape index (κ1) is 13.5. The molecule has 1 aromatic heterocycles. The largest absolute Gasteiger partial charge is 0.381 e. The van der Waals surface area contributed by atoms with E-state index >= 15 is 0 Å². The summed E-state index contributed by atoms with van der Waals surface area (Å²) in [6.07, 6.45) is 6.57. The lowest BCUT2D eigenvalue weighted by Crippen LogP contribution is -2.44. The van der Waals surface area contributed by atoms with E-state index in [1.54, 1.807) is 7.11 Å². The van der Waals surface area contributed by atoms with Gasteiger partial charge in [0.05, 0.1) is 18.3 Å². The fourth-order valence-corrected chi connectivity index (χ4v) is 2.83. The lowest BCUT2D eigenvalue weighted by Gasteiger charge is -2.38. The van der Waals surface area contributed by atoms with Crippen LogP contribution in [0.4, 0.5) is 0 Å². The number of rotatable bonds is 4. The van der Waals surface area contributed by atoms with Gasteiger partial charge in [0.1, 0.15) is 0 Å². The van der Waals surface area contributed by atoms with Gasteiger partial charge in [-0.05, 0) is 19.8 Å². The lowest BCUT2D eigenvalue weighted by molar-refractivity contribution is 0.0234. The van der Waals surface area contributed by atoms with Crippen LogP contribution in [0.1, 0.15) is 31.4 Å². The smallest absolute Gasteiger partial charge is 0.0595 e. The molecule has 5 nitrogen and oxygen atoms in total. The van der Waals surface area contributed by atoms with E-state index in [0.717, 1.165) is 25.9 Å². The summed E-state index contributed by atoms with van der Waals surface area (Å²) in [5.41, 5.74) is 7.38. The summed E-state index contributed by atoms with van der Waals surface area (Å²) in [5, 5.41) is 4.26. The zero-order valence-electron chi connectivity index (χ0n) is 11.5. The van der Waals surface area contributed by atoms with Gasteiger partial charge in [-0.15, -0.1) is 0 Å². The summed E-state index contributed by atoms with van der Waals surface area (Å²) in [6, 6.07) is 0.366. The van der Waals surface area contributed by atoms with Crippen LogP contribution >= 0.6 is 0 Å². The Balaban J connectivity index is 2.07. The van der Waals surface area contributed by atoms with Crippen molar-refractivity contribution in [2.75, 3.05) is 20.2 Å². The molecule has 0 bridgehead atoms. The first-order valence-electron chi connectivity index (χ1n) is 6.62. The fourth-order valence-electron chi connectivity index (χ4n) is 2.83. The van der Waals surface area contributed by atoms with Gasteiger partial charge in [-0.2, -0.15) is 5.10 Å². The average molecular weight is 252 g/mol. The lowest BCUT2D eigenvalue weighted by atomic mass is 9.98. The van der Waals surface area contributed by atoms with Gasteiger partial charge in [0.2, 0.25) is 0 Å². The maximum Gasteiger partial charge on any atom is 0.0595 e. The van der Waals surface area contributed by atoms with E-state index in [1.807, 2.05) is 17.9 Å². The normalized spacial score (nSPS) is 22.0. The van der Waals surface area contributed by atoms with Gasteiger partial charge in [0.25, 0.3) is 0 Å². The highest BCUT2D eigenvalue weighted by Gasteiger charge is 2.29. The third-order valence-electron chi connectivity index (χ3n) is 3.77. The Morgan fingerprint density at radius 3 is 2.56 bits per heavy atom. The average Bonchev–Trinajstić information content (AvgIpc) is 2.76. The first-order valence-corrected chi connectivity index (χ1v) is 6.62. The third kappa shape index (κ3) is 2.91. The van der Waals surface area contributed by atoms with Crippen molar-refractivity contribution >= 4 is 0 Å². The molecule has 18 heavy (non-hydrogen) atoms. The predicted octanol–water partition coefficient (Wildman–Crippen LogP) is 0.919. The minimum atomic E-state index is 0.105. The summed E-state index contributed by atoms with van der Waals surface area (Å²) in [6.45, 7) is 4.15. The van der Waals surface area contributed by atoms with Crippen molar-refractivity contribution in [3.63, 3.8) is 0 Å². The maximum atomic E-state index is 6.17. The molecule has 2 unspecified atom stereocenters. The van der Waals surface area contributed by atoms with E-state index in [2.05, 4.69) is 23.1 Å². The van der Waals surface area contributed by atoms with Crippen LogP contribution < -0.4 is 5.73 Å². The molecule has 0 radical (unpaired) electrons. The number of likely N-dealkylation sites (tertiary alicyclic amines) is 1. The molecule has 2 N–H and O–H groups in total. The molecule has 1 aliphatic rings. The van der Waals surface area contributed by atoms with Gasteiger partial charge < -0.3 is 10.5 Å². The van der Waals surface area contributed by atoms with E-state index in [4.69, 9.17) is 10.5 Å². The van der Waals surface area contributed by atoms with Crippen molar-refractivity contribution in [3.05, 3.63) is 18.0 Å². The van der Waals surface area contributed by atoms with E-state index in [0.29, 0.717) is 6.10 Å². The molecule has 0 amide bonds. The minimum Gasteiger partial charge on any atom is -0.381 e. The number of methoxy groups -OCH3 is 1. The monoisotopic (exact) mass is 252 g/mol. The van der Waals surface area contributed by atoms with Crippen molar-refractivity contribution in [2.45, 2.75) is 38.0 Å². The number of hydrogen-bond acceptors (Lipinski definition) is 4. The van der Waals surface area contributed by atoms with Crippen LogP contribution in [0.15, 0.2) is 12.4 Å². The number of hydrogen-bond donors (Lipinski definition) is 1. The Morgan fingerprint density at radius 1 is 1.44 bits per heavy atom. The van der Waals surface area contributed by atoms with Crippen molar-refractivity contribution in [2.24, 2.45) is 12.8 Å². The van der Waals surface area contributed by atoms with Crippen LogP contribution in [0.5, 0.6) is 0 Å². The van der Waals surface area contributed by atoms with Gasteiger partial charge in [0, 0.05) is 45.0 Å². The molecule has 1 saturated heterocycles. The molecule has 102 valence electrons. The second kappa shape index (κ2) is 5.82. The fraction of sp³-hybridized carbons (Fsp3) is 0.769. The predicted molar refractivity (Wildman–Crippen MR) is 71.2 cm³/mol. The van der Waals surface area contributed by atoms with Crippen LogP contribution in [0.3, 0.4) is 0 Å².